The minimum atomic E-state index is -0.109. The second-order valence-corrected chi connectivity index (χ2v) is 4.83. The van der Waals surface area contributed by atoms with Crippen molar-refractivity contribution in [1.29, 1.82) is 0 Å². The van der Waals surface area contributed by atoms with E-state index in [0.29, 0.717) is 12.5 Å². The molecule has 0 aliphatic heterocycles. The Morgan fingerprint density at radius 1 is 1.33 bits per heavy atom. The summed E-state index contributed by atoms with van der Waals surface area (Å²) in [6.45, 7) is 6.94. The van der Waals surface area contributed by atoms with Gasteiger partial charge in [0.15, 0.2) is 0 Å². The summed E-state index contributed by atoms with van der Waals surface area (Å²) < 4.78 is 0. The number of nitrogens with zero attached hydrogens (tertiary/aromatic N) is 1. The molecule has 4 heteroatoms. The van der Waals surface area contributed by atoms with Gasteiger partial charge in [0.05, 0.1) is 0 Å². The molecular weight excluding hydrogens is 226 g/mol. The number of pyridine rings is 1. The molecule has 0 saturated heterocycles. The summed E-state index contributed by atoms with van der Waals surface area (Å²) in [4.78, 5) is 15.6. The van der Waals surface area contributed by atoms with Crippen LogP contribution in [0.2, 0.25) is 0 Å². The van der Waals surface area contributed by atoms with E-state index >= 15 is 0 Å². The highest BCUT2D eigenvalue weighted by molar-refractivity contribution is 5.74. The van der Waals surface area contributed by atoms with Gasteiger partial charge in [-0.15, -0.1) is 0 Å². The van der Waals surface area contributed by atoms with Crippen LogP contribution in [-0.4, -0.2) is 17.1 Å². The number of carbonyl (C=O) groups is 1. The maximum Gasteiger partial charge on any atom is 0.315 e. The lowest BCUT2D eigenvalue weighted by molar-refractivity contribution is 0.235. The smallest absolute Gasteiger partial charge is 0.315 e. The number of carbonyl (C=O) groups excluding carboxylic acids is 1. The molecular formula is C14H23N3O. The fourth-order valence-electron chi connectivity index (χ4n) is 1.79. The van der Waals surface area contributed by atoms with Crippen molar-refractivity contribution < 1.29 is 4.79 Å². The van der Waals surface area contributed by atoms with E-state index in [1.54, 1.807) is 12.4 Å². The lowest BCUT2D eigenvalue weighted by Gasteiger charge is -2.17. The van der Waals surface area contributed by atoms with Gasteiger partial charge in [0, 0.05) is 25.0 Å². The van der Waals surface area contributed by atoms with Gasteiger partial charge in [0.2, 0.25) is 0 Å². The standard InChI is InChI=1S/C14H23N3O/c1-4-11(2)9-12(3)17-14(18)16-10-13-5-7-15-8-6-13/h5-8,11-12H,4,9-10H2,1-3H3,(H2,16,17,18)/t11-,12+/m0/s1. The van der Waals surface area contributed by atoms with Gasteiger partial charge in [-0.3, -0.25) is 4.98 Å². The Hall–Kier alpha value is -1.58. The lowest BCUT2D eigenvalue weighted by atomic mass is 10.0. The van der Waals surface area contributed by atoms with E-state index in [-0.39, 0.29) is 12.1 Å². The van der Waals surface area contributed by atoms with E-state index in [2.05, 4.69) is 29.5 Å². The molecule has 0 aromatic carbocycles. The topological polar surface area (TPSA) is 54.0 Å². The Kier molecular flexibility index (Phi) is 6.19. The molecule has 1 aromatic rings. The number of rotatable bonds is 6. The molecule has 2 N–H and O–H groups in total. The van der Waals surface area contributed by atoms with E-state index < -0.39 is 0 Å². The van der Waals surface area contributed by atoms with Gasteiger partial charge < -0.3 is 10.6 Å². The molecule has 4 nitrogen and oxygen atoms in total. The molecule has 0 bridgehead atoms. The van der Waals surface area contributed by atoms with E-state index in [4.69, 9.17) is 0 Å². The number of nitrogens with one attached hydrogen (secondary N) is 2. The average molecular weight is 249 g/mol. The number of amides is 2. The van der Waals surface area contributed by atoms with Gasteiger partial charge in [-0.05, 0) is 37.0 Å². The molecule has 0 aliphatic rings. The van der Waals surface area contributed by atoms with Crippen LogP contribution in [-0.2, 0) is 6.54 Å². The van der Waals surface area contributed by atoms with Crippen molar-refractivity contribution in [2.75, 3.05) is 0 Å². The Morgan fingerprint density at radius 2 is 2.00 bits per heavy atom. The highest BCUT2D eigenvalue weighted by Crippen LogP contribution is 2.09. The van der Waals surface area contributed by atoms with Crippen LogP contribution in [0.1, 0.15) is 39.2 Å². The second-order valence-electron chi connectivity index (χ2n) is 4.83. The predicted octanol–water partition coefficient (Wildman–Crippen LogP) is 2.71. The van der Waals surface area contributed by atoms with E-state index in [1.807, 2.05) is 19.1 Å². The van der Waals surface area contributed by atoms with Gasteiger partial charge in [0.1, 0.15) is 0 Å². The first kappa shape index (κ1) is 14.5. The van der Waals surface area contributed by atoms with Crippen LogP contribution >= 0.6 is 0 Å². The Bertz CT molecular complexity index is 353. The Balaban J connectivity index is 2.25. The van der Waals surface area contributed by atoms with Crippen molar-refractivity contribution >= 4 is 6.03 Å². The fourth-order valence-corrected chi connectivity index (χ4v) is 1.79. The molecule has 0 radical (unpaired) electrons. The molecule has 2 amide bonds. The van der Waals surface area contributed by atoms with Crippen molar-refractivity contribution in [3.05, 3.63) is 30.1 Å². The van der Waals surface area contributed by atoms with E-state index in [1.165, 1.54) is 0 Å². The summed E-state index contributed by atoms with van der Waals surface area (Å²) in [6, 6.07) is 3.88. The van der Waals surface area contributed by atoms with Gasteiger partial charge in [-0.2, -0.15) is 0 Å². The first-order valence-electron chi connectivity index (χ1n) is 6.55. The summed E-state index contributed by atoms with van der Waals surface area (Å²) in [7, 11) is 0. The first-order valence-corrected chi connectivity index (χ1v) is 6.55. The molecule has 100 valence electrons. The molecule has 2 atom stereocenters. The fraction of sp³-hybridized carbons (Fsp3) is 0.571. The van der Waals surface area contributed by atoms with Crippen LogP contribution in [0.3, 0.4) is 0 Å². The van der Waals surface area contributed by atoms with E-state index in [9.17, 15) is 4.79 Å². The van der Waals surface area contributed by atoms with Gasteiger partial charge in [-0.25, -0.2) is 4.79 Å². The van der Waals surface area contributed by atoms with Gasteiger partial charge >= 0.3 is 6.03 Å². The lowest BCUT2D eigenvalue weighted by Crippen LogP contribution is -2.41. The van der Waals surface area contributed by atoms with Crippen LogP contribution in [0, 0.1) is 5.92 Å². The predicted molar refractivity (Wildman–Crippen MR) is 73.1 cm³/mol. The normalized spacial score (nSPS) is 13.7. The van der Waals surface area contributed by atoms with Crippen molar-refractivity contribution in [1.82, 2.24) is 15.6 Å². The Morgan fingerprint density at radius 3 is 2.61 bits per heavy atom. The molecule has 1 aromatic heterocycles. The van der Waals surface area contributed by atoms with Crippen molar-refractivity contribution in [3.63, 3.8) is 0 Å². The SMILES string of the molecule is CC[C@H](C)C[C@@H](C)NC(=O)NCc1ccncc1. The highest BCUT2D eigenvalue weighted by Gasteiger charge is 2.09. The van der Waals surface area contributed by atoms with Crippen LogP contribution in [0.4, 0.5) is 4.79 Å². The minimum Gasteiger partial charge on any atom is -0.336 e. The summed E-state index contributed by atoms with van der Waals surface area (Å²) >= 11 is 0. The largest absolute Gasteiger partial charge is 0.336 e. The maximum absolute atomic E-state index is 11.7. The first-order chi connectivity index (χ1) is 8.61. The quantitative estimate of drug-likeness (QED) is 0.814. The summed E-state index contributed by atoms with van der Waals surface area (Å²) in [5, 5.41) is 5.79. The molecule has 0 aliphatic carbocycles. The van der Waals surface area contributed by atoms with E-state index in [0.717, 1.165) is 18.4 Å². The van der Waals surface area contributed by atoms with Crippen LogP contribution in [0.25, 0.3) is 0 Å². The molecule has 0 saturated carbocycles. The third kappa shape index (κ3) is 5.66. The molecule has 0 spiro atoms. The van der Waals surface area contributed by atoms with Crippen molar-refractivity contribution in [2.45, 2.75) is 46.2 Å². The monoisotopic (exact) mass is 249 g/mol. The zero-order valence-corrected chi connectivity index (χ0v) is 11.4. The molecule has 0 fully saturated rings. The minimum absolute atomic E-state index is 0.109. The zero-order chi connectivity index (χ0) is 13.4. The molecule has 0 unspecified atom stereocenters. The number of aromatic nitrogens is 1. The highest BCUT2D eigenvalue weighted by atomic mass is 16.2. The number of hydrogen-bond donors (Lipinski definition) is 2. The summed E-state index contributed by atoms with van der Waals surface area (Å²) in [6.07, 6.45) is 5.60. The van der Waals surface area contributed by atoms with Crippen molar-refractivity contribution in [2.24, 2.45) is 5.92 Å². The maximum atomic E-state index is 11.7. The summed E-state index contributed by atoms with van der Waals surface area (Å²) in [5.74, 6) is 0.639. The van der Waals surface area contributed by atoms with Crippen LogP contribution in [0.15, 0.2) is 24.5 Å². The molecule has 18 heavy (non-hydrogen) atoms. The Labute approximate surface area is 109 Å². The average Bonchev–Trinajstić information content (AvgIpc) is 2.37. The summed E-state index contributed by atoms with van der Waals surface area (Å²) in [5.41, 5.74) is 1.05. The van der Waals surface area contributed by atoms with Crippen molar-refractivity contribution in [3.8, 4) is 0 Å². The van der Waals surface area contributed by atoms with Gasteiger partial charge in [0.25, 0.3) is 0 Å². The second kappa shape index (κ2) is 7.69. The third-order valence-electron chi connectivity index (χ3n) is 3.03. The molecule has 1 rings (SSSR count). The van der Waals surface area contributed by atoms with Crippen LogP contribution in [0.5, 0.6) is 0 Å². The zero-order valence-electron chi connectivity index (χ0n) is 11.4. The number of hydrogen-bond acceptors (Lipinski definition) is 2. The molecule has 1 heterocycles. The third-order valence-corrected chi connectivity index (χ3v) is 3.03. The van der Waals surface area contributed by atoms with Gasteiger partial charge in [-0.1, -0.05) is 20.3 Å². The number of urea groups is 1. The van der Waals surface area contributed by atoms with Crippen LogP contribution < -0.4 is 10.6 Å².